The van der Waals surface area contributed by atoms with E-state index >= 15 is 0 Å². The molecule has 3 fully saturated rings. The molecule has 0 aliphatic carbocycles. The first kappa shape index (κ1) is 15.7. The number of nitrogens with one attached hydrogen (secondary N) is 1. The van der Waals surface area contributed by atoms with Gasteiger partial charge in [0.2, 0.25) is 0 Å². The third-order valence-electron chi connectivity index (χ3n) is 5.01. The second kappa shape index (κ2) is 6.95. The van der Waals surface area contributed by atoms with Crippen molar-refractivity contribution >= 4 is 23.0 Å². The molecule has 4 heterocycles. The van der Waals surface area contributed by atoms with Crippen LogP contribution >= 0.6 is 11.3 Å². The van der Waals surface area contributed by atoms with Gasteiger partial charge in [0.15, 0.2) is 6.04 Å². The number of fused-ring (bicyclic) bond motifs is 3. The second-order valence-corrected chi connectivity index (χ2v) is 7.55. The lowest BCUT2D eigenvalue weighted by molar-refractivity contribution is -0.159. The average molecular weight is 342 g/mol. The van der Waals surface area contributed by atoms with Gasteiger partial charge in [0.25, 0.3) is 0 Å². The zero-order chi connectivity index (χ0) is 16.4. The van der Waals surface area contributed by atoms with Crippen LogP contribution in [0, 0.1) is 5.92 Å². The van der Waals surface area contributed by atoms with Crippen LogP contribution in [0.3, 0.4) is 0 Å². The Hall–Kier alpha value is -1.85. The third-order valence-corrected chi connectivity index (χ3v) is 5.95. The minimum Gasteiger partial charge on any atom is -0.459 e. The lowest BCUT2D eigenvalue weighted by Gasteiger charge is -2.44. The van der Waals surface area contributed by atoms with Gasteiger partial charge in [-0.15, -0.1) is 11.3 Å². The van der Waals surface area contributed by atoms with Crippen LogP contribution in [0.5, 0.6) is 0 Å². The van der Waals surface area contributed by atoms with E-state index in [0.717, 1.165) is 43.0 Å². The van der Waals surface area contributed by atoms with Crippen molar-refractivity contribution in [2.45, 2.75) is 25.0 Å². The largest absolute Gasteiger partial charge is 0.459 e. The molecule has 2 aromatic rings. The summed E-state index contributed by atoms with van der Waals surface area (Å²) in [5.74, 6) is 0.361. The van der Waals surface area contributed by atoms with Crippen LogP contribution in [0.1, 0.15) is 23.8 Å². The lowest BCUT2D eigenvalue weighted by Crippen LogP contribution is -2.52. The van der Waals surface area contributed by atoms with Gasteiger partial charge >= 0.3 is 5.97 Å². The summed E-state index contributed by atoms with van der Waals surface area (Å²) in [6.07, 6.45) is 2.33. The second-order valence-electron chi connectivity index (χ2n) is 6.57. The summed E-state index contributed by atoms with van der Waals surface area (Å²) < 4.78 is 5.95. The monoisotopic (exact) mass is 342 g/mol. The summed E-state index contributed by atoms with van der Waals surface area (Å²) in [4.78, 5) is 16.3. The summed E-state index contributed by atoms with van der Waals surface area (Å²) >= 11 is 1.58. The van der Waals surface area contributed by atoms with E-state index in [9.17, 15) is 4.79 Å². The molecular weight excluding hydrogens is 320 g/mol. The van der Waals surface area contributed by atoms with Crippen molar-refractivity contribution in [3.63, 3.8) is 0 Å². The number of carbonyl (C=O) groups excluding carboxylic acids is 1. The van der Waals surface area contributed by atoms with Crippen molar-refractivity contribution in [1.82, 2.24) is 4.90 Å². The topological polar surface area (TPSA) is 41.6 Å². The van der Waals surface area contributed by atoms with E-state index in [1.165, 1.54) is 0 Å². The standard InChI is InChI=1S/C19H22N2O2S/c22-19(23-16-13-21-10-8-14(16)9-11-21)18(17-7-4-12-24-17)20-15-5-2-1-3-6-15/h1-7,12,14,16,18,20H,8-11,13H2. The van der Waals surface area contributed by atoms with E-state index in [1.807, 2.05) is 47.8 Å². The number of thiophene rings is 1. The highest BCUT2D eigenvalue weighted by atomic mass is 32.1. The van der Waals surface area contributed by atoms with E-state index in [4.69, 9.17) is 4.74 Å². The Morgan fingerprint density at radius 2 is 1.96 bits per heavy atom. The molecule has 1 aromatic heterocycles. The van der Waals surface area contributed by atoms with Crippen LogP contribution in [0.15, 0.2) is 47.8 Å². The molecule has 24 heavy (non-hydrogen) atoms. The maximum absolute atomic E-state index is 12.9. The van der Waals surface area contributed by atoms with Gasteiger partial charge in [-0.3, -0.25) is 4.90 Å². The number of carbonyl (C=O) groups is 1. The number of rotatable bonds is 5. The molecule has 0 radical (unpaired) electrons. The van der Waals surface area contributed by atoms with Crippen molar-refractivity contribution in [1.29, 1.82) is 0 Å². The van der Waals surface area contributed by atoms with Crippen LogP contribution < -0.4 is 5.32 Å². The van der Waals surface area contributed by atoms with Gasteiger partial charge < -0.3 is 10.1 Å². The van der Waals surface area contributed by atoms with Crippen LogP contribution in [-0.2, 0) is 9.53 Å². The molecule has 2 unspecified atom stereocenters. The summed E-state index contributed by atoms with van der Waals surface area (Å²) in [6, 6.07) is 13.4. The molecule has 1 aromatic carbocycles. The summed E-state index contributed by atoms with van der Waals surface area (Å²) in [5, 5.41) is 5.33. The Morgan fingerprint density at radius 3 is 2.58 bits per heavy atom. The first-order valence-corrected chi connectivity index (χ1v) is 9.45. The van der Waals surface area contributed by atoms with Gasteiger partial charge in [-0.2, -0.15) is 0 Å². The maximum Gasteiger partial charge on any atom is 0.334 e. The Balaban J connectivity index is 1.49. The first-order valence-electron chi connectivity index (χ1n) is 8.57. The molecule has 2 atom stereocenters. The highest BCUT2D eigenvalue weighted by molar-refractivity contribution is 7.10. The number of piperidine rings is 3. The van der Waals surface area contributed by atoms with E-state index in [0.29, 0.717) is 5.92 Å². The molecule has 5 rings (SSSR count). The van der Waals surface area contributed by atoms with Gasteiger partial charge in [0, 0.05) is 17.1 Å². The van der Waals surface area contributed by atoms with E-state index in [-0.39, 0.29) is 12.1 Å². The molecule has 3 saturated heterocycles. The molecule has 0 saturated carbocycles. The zero-order valence-electron chi connectivity index (χ0n) is 13.6. The average Bonchev–Trinajstić information content (AvgIpc) is 3.16. The van der Waals surface area contributed by atoms with Crippen molar-refractivity contribution < 1.29 is 9.53 Å². The lowest BCUT2D eigenvalue weighted by atomic mass is 9.86. The van der Waals surface area contributed by atoms with Gasteiger partial charge in [-0.25, -0.2) is 4.79 Å². The van der Waals surface area contributed by atoms with Crippen molar-refractivity contribution in [3.8, 4) is 0 Å². The normalized spacial score (nSPS) is 26.8. The van der Waals surface area contributed by atoms with Gasteiger partial charge in [-0.1, -0.05) is 24.3 Å². The molecule has 3 aliphatic rings. The molecule has 0 amide bonds. The fraction of sp³-hybridized carbons (Fsp3) is 0.421. The molecular formula is C19H22N2O2S. The fourth-order valence-corrected chi connectivity index (χ4v) is 4.43. The SMILES string of the molecule is O=C(OC1CN2CCC1CC2)C(Nc1ccccc1)c1cccs1. The van der Waals surface area contributed by atoms with Crippen molar-refractivity contribution in [3.05, 3.63) is 52.7 Å². The Bertz CT molecular complexity index is 666. The predicted octanol–water partition coefficient (Wildman–Crippen LogP) is 3.54. The highest BCUT2D eigenvalue weighted by Gasteiger charge is 2.38. The number of benzene rings is 1. The van der Waals surface area contributed by atoms with Crippen LogP contribution in [0.4, 0.5) is 5.69 Å². The molecule has 0 spiro atoms. The van der Waals surface area contributed by atoms with E-state index in [2.05, 4.69) is 10.2 Å². The van der Waals surface area contributed by atoms with Gasteiger partial charge in [0.1, 0.15) is 6.10 Å². The molecule has 1 N–H and O–H groups in total. The number of nitrogens with zero attached hydrogens (tertiary/aromatic N) is 1. The molecule has 126 valence electrons. The number of ether oxygens (including phenoxy) is 1. The number of para-hydroxylation sites is 1. The van der Waals surface area contributed by atoms with Crippen molar-refractivity contribution in [2.24, 2.45) is 5.92 Å². The number of hydrogen-bond acceptors (Lipinski definition) is 5. The Morgan fingerprint density at radius 1 is 1.17 bits per heavy atom. The Kier molecular flexibility index (Phi) is 4.54. The smallest absolute Gasteiger partial charge is 0.334 e. The van der Waals surface area contributed by atoms with Crippen LogP contribution in [0.2, 0.25) is 0 Å². The summed E-state index contributed by atoms with van der Waals surface area (Å²) in [5.41, 5.74) is 0.932. The summed E-state index contributed by atoms with van der Waals surface area (Å²) in [7, 11) is 0. The first-order chi connectivity index (χ1) is 11.8. The van der Waals surface area contributed by atoms with E-state index in [1.54, 1.807) is 11.3 Å². The highest BCUT2D eigenvalue weighted by Crippen LogP contribution is 2.32. The number of esters is 1. The van der Waals surface area contributed by atoms with Crippen molar-refractivity contribution in [2.75, 3.05) is 25.0 Å². The quantitative estimate of drug-likeness (QED) is 0.844. The minimum atomic E-state index is -0.442. The fourth-order valence-electron chi connectivity index (χ4n) is 3.66. The maximum atomic E-state index is 12.9. The Labute approximate surface area is 146 Å². The molecule has 2 bridgehead atoms. The molecule has 4 nitrogen and oxygen atoms in total. The summed E-state index contributed by atoms with van der Waals surface area (Å²) in [6.45, 7) is 3.18. The molecule has 3 aliphatic heterocycles. The molecule has 5 heteroatoms. The van der Waals surface area contributed by atoms with E-state index < -0.39 is 6.04 Å². The van der Waals surface area contributed by atoms with Crippen LogP contribution in [-0.4, -0.2) is 36.6 Å². The minimum absolute atomic E-state index is 0.0417. The zero-order valence-corrected chi connectivity index (χ0v) is 14.4. The number of anilines is 1. The predicted molar refractivity (Wildman–Crippen MR) is 96.2 cm³/mol. The van der Waals surface area contributed by atoms with Crippen LogP contribution in [0.25, 0.3) is 0 Å². The van der Waals surface area contributed by atoms with Gasteiger partial charge in [-0.05, 0) is 55.4 Å². The van der Waals surface area contributed by atoms with Gasteiger partial charge in [0.05, 0.1) is 0 Å². The third kappa shape index (κ3) is 3.32. The number of hydrogen-bond donors (Lipinski definition) is 1.